The Morgan fingerprint density at radius 2 is 1.90 bits per heavy atom. The van der Waals surface area contributed by atoms with Gasteiger partial charge in [0.15, 0.2) is 0 Å². The van der Waals surface area contributed by atoms with Crippen molar-refractivity contribution in [3.05, 3.63) is 48.5 Å². The van der Waals surface area contributed by atoms with E-state index >= 15 is 0 Å². The van der Waals surface area contributed by atoms with Gasteiger partial charge in [0, 0.05) is 37.9 Å². The minimum Gasteiger partial charge on any atom is -0.303 e. The first-order chi connectivity index (χ1) is 9.90. The number of piperidine rings is 1. The van der Waals surface area contributed by atoms with E-state index in [1.165, 1.54) is 38.0 Å². The minimum atomic E-state index is 0.784. The molecule has 0 bridgehead atoms. The van der Waals surface area contributed by atoms with Crippen LogP contribution in [0.25, 0.3) is 0 Å². The zero-order valence-electron chi connectivity index (χ0n) is 11.9. The van der Waals surface area contributed by atoms with Crippen molar-refractivity contribution in [3.8, 4) is 0 Å². The van der Waals surface area contributed by atoms with Crippen LogP contribution in [-0.2, 0) is 13.0 Å². The van der Waals surface area contributed by atoms with Gasteiger partial charge in [0.25, 0.3) is 0 Å². The lowest BCUT2D eigenvalue weighted by Crippen LogP contribution is -2.36. The zero-order valence-corrected chi connectivity index (χ0v) is 11.9. The van der Waals surface area contributed by atoms with Crippen LogP contribution in [0.2, 0.25) is 0 Å². The molecule has 2 aromatic rings. The first-order valence-corrected chi connectivity index (χ1v) is 7.49. The first-order valence-electron chi connectivity index (χ1n) is 7.49. The SMILES string of the molecule is c1cnn(CC2CCN(CCc3ccncc3)CC2)c1. The van der Waals surface area contributed by atoms with Crippen LogP contribution in [0.5, 0.6) is 0 Å². The lowest BCUT2D eigenvalue weighted by molar-refractivity contribution is 0.172. The quantitative estimate of drug-likeness (QED) is 0.835. The molecule has 2 aromatic heterocycles. The summed E-state index contributed by atoms with van der Waals surface area (Å²) in [7, 11) is 0. The Bertz CT molecular complexity index is 486. The lowest BCUT2D eigenvalue weighted by Gasteiger charge is -2.31. The fraction of sp³-hybridized carbons (Fsp3) is 0.500. The molecular formula is C16H22N4. The highest BCUT2D eigenvalue weighted by Crippen LogP contribution is 2.19. The summed E-state index contributed by atoms with van der Waals surface area (Å²) >= 11 is 0. The summed E-state index contributed by atoms with van der Waals surface area (Å²) in [5, 5.41) is 4.30. The molecule has 0 spiro atoms. The fourth-order valence-corrected chi connectivity index (χ4v) is 2.90. The standard InChI is InChI=1S/C16H22N4/c1-7-18-20(10-1)14-16-5-12-19(13-6-16)11-4-15-2-8-17-9-3-15/h1-3,7-10,16H,4-6,11-14H2. The Balaban J connectivity index is 1.40. The number of likely N-dealkylation sites (tertiary alicyclic amines) is 1. The Hall–Kier alpha value is -1.68. The topological polar surface area (TPSA) is 34.0 Å². The van der Waals surface area contributed by atoms with Gasteiger partial charge in [-0.05, 0) is 62.0 Å². The van der Waals surface area contributed by atoms with Crippen LogP contribution < -0.4 is 0 Å². The second kappa shape index (κ2) is 6.66. The number of rotatable bonds is 5. The van der Waals surface area contributed by atoms with E-state index in [-0.39, 0.29) is 0 Å². The Morgan fingerprint density at radius 3 is 2.60 bits per heavy atom. The summed E-state index contributed by atoms with van der Waals surface area (Å²) in [6.07, 6.45) is 11.4. The molecule has 0 atom stereocenters. The van der Waals surface area contributed by atoms with Crippen LogP contribution in [0.15, 0.2) is 43.0 Å². The number of aromatic nitrogens is 3. The van der Waals surface area contributed by atoms with Gasteiger partial charge >= 0.3 is 0 Å². The smallest absolute Gasteiger partial charge is 0.0489 e. The van der Waals surface area contributed by atoms with E-state index in [9.17, 15) is 0 Å². The van der Waals surface area contributed by atoms with Crippen molar-refractivity contribution < 1.29 is 0 Å². The summed E-state index contributed by atoms with van der Waals surface area (Å²) in [4.78, 5) is 6.65. The van der Waals surface area contributed by atoms with E-state index < -0.39 is 0 Å². The van der Waals surface area contributed by atoms with E-state index in [4.69, 9.17) is 0 Å². The largest absolute Gasteiger partial charge is 0.303 e. The molecule has 0 saturated carbocycles. The minimum absolute atomic E-state index is 0.784. The summed E-state index contributed by atoms with van der Waals surface area (Å²) in [5.41, 5.74) is 1.39. The third-order valence-electron chi connectivity index (χ3n) is 4.18. The molecule has 3 heterocycles. The average Bonchev–Trinajstić information content (AvgIpc) is 3.01. The second-order valence-corrected chi connectivity index (χ2v) is 5.62. The van der Waals surface area contributed by atoms with Crippen molar-refractivity contribution in [2.75, 3.05) is 19.6 Å². The maximum atomic E-state index is 4.30. The molecular weight excluding hydrogens is 248 g/mol. The first kappa shape index (κ1) is 13.3. The monoisotopic (exact) mass is 270 g/mol. The normalized spacial score (nSPS) is 17.4. The van der Waals surface area contributed by atoms with E-state index in [0.29, 0.717) is 0 Å². The van der Waals surface area contributed by atoms with E-state index in [0.717, 1.165) is 18.9 Å². The molecule has 0 N–H and O–H groups in total. The predicted molar refractivity (Wildman–Crippen MR) is 79.3 cm³/mol. The number of hydrogen-bond acceptors (Lipinski definition) is 3. The van der Waals surface area contributed by atoms with Crippen LogP contribution in [0.3, 0.4) is 0 Å². The van der Waals surface area contributed by atoms with Gasteiger partial charge in [-0.15, -0.1) is 0 Å². The fourth-order valence-electron chi connectivity index (χ4n) is 2.90. The van der Waals surface area contributed by atoms with Crippen molar-refractivity contribution in [2.45, 2.75) is 25.8 Å². The molecule has 4 heteroatoms. The molecule has 0 radical (unpaired) electrons. The van der Waals surface area contributed by atoms with Crippen molar-refractivity contribution in [1.82, 2.24) is 19.7 Å². The molecule has 20 heavy (non-hydrogen) atoms. The van der Waals surface area contributed by atoms with Gasteiger partial charge in [0.05, 0.1) is 0 Å². The molecule has 106 valence electrons. The highest BCUT2D eigenvalue weighted by Gasteiger charge is 2.19. The van der Waals surface area contributed by atoms with Gasteiger partial charge in [-0.3, -0.25) is 9.67 Å². The third kappa shape index (κ3) is 3.67. The average molecular weight is 270 g/mol. The van der Waals surface area contributed by atoms with Crippen LogP contribution in [0.1, 0.15) is 18.4 Å². The zero-order chi connectivity index (χ0) is 13.6. The van der Waals surface area contributed by atoms with Gasteiger partial charge in [-0.25, -0.2) is 0 Å². The molecule has 1 saturated heterocycles. The number of nitrogens with zero attached hydrogens (tertiary/aromatic N) is 4. The number of hydrogen-bond donors (Lipinski definition) is 0. The van der Waals surface area contributed by atoms with Crippen LogP contribution >= 0.6 is 0 Å². The molecule has 1 aliphatic heterocycles. The van der Waals surface area contributed by atoms with Gasteiger partial charge in [0.1, 0.15) is 0 Å². The predicted octanol–water partition coefficient (Wildman–Crippen LogP) is 2.23. The molecule has 1 aliphatic rings. The summed E-state index contributed by atoms with van der Waals surface area (Å²) in [5.74, 6) is 0.784. The molecule has 0 amide bonds. The Morgan fingerprint density at radius 1 is 1.10 bits per heavy atom. The van der Waals surface area contributed by atoms with Crippen molar-refractivity contribution in [3.63, 3.8) is 0 Å². The van der Waals surface area contributed by atoms with Gasteiger partial charge in [-0.1, -0.05) is 0 Å². The third-order valence-corrected chi connectivity index (χ3v) is 4.18. The number of pyridine rings is 1. The van der Waals surface area contributed by atoms with Crippen molar-refractivity contribution >= 4 is 0 Å². The summed E-state index contributed by atoms with van der Waals surface area (Å²) in [6, 6.07) is 6.23. The van der Waals surface area contributed by atoms with Crippen LogP contribution in [0.4, 0.5) is 0 Å². The van der Waals surface area contributed by atoms with E-state index in [2.05, 4.69) is 38.0 Å². The van der Waals surface area contributed by atoms with Crippen LogP contribution in [0, 0.1) is 5.92 Å². The molecule has 1 fully saturated rings. The molecule has 4 nitrogen and oxygen atoms in total. The lowest BCUT2D eigenvalue weighted by atomic mass is 9.96. The Labute approximate surface area is 120 Å². The molecule has 0 aromatic carbocycles. The second-order valence-electron chi connectivity index (χ2n) is 5.62. The van der Waals surface area contributed by atoms with Crippen LogP contribution in [-0.4, -0.2) is 39.3 Å². The molecule has 3 rings (SSSR count). The maximum absolute atomic E-state index is 4.30. The van der Waals surface area contributed by atoms with Gasteiger partial charge in [0.2, 0.25) is 0 Å². The molecule has 0 aliphatic carbocycles. The van der Waals surface area contributed by atoms with Crippen molar-refractivity contribution in [1.29, 1.82) is 0 Å². The van der Waals surface area contributed by atoms with E-state index in [1.54, 1.807) is 0 Å². The highest BCUT2D eigenvalue weighted by atomic mass is 15.3. The summed E-state index contributed by atoms with van der Waals surface area (Å²) in [6.45, 7) is 4.68. The highest BCUT2D eigenvalue weighted by molar-refractivity contribution is 5.09. The molecule has 0 unspecified atom stereocenters. The van der Waals surface area contributed by atoms with Gasteiger partial charge < -0.3 is 4.90 Å². The van der Waals surface area contributed by atoms with E-state index in [1.807, 2.05) is 24.7 Å². The van der Waals surface area contributed by atoms with Crippen molar-refractivity contribution in [2.24, 2.45) is 5.92 Å². The Kier molecular flexibility index (Phi) is 4.43. The maximum Gasteiger partial charge on any atom is 0.0489 e. The summed E-state index contributed by atoms with van der Waals surface area (Å²) < 4.78 is 2.07. The van der Waals surface area contributed by atoms with Gasteiger partial charge in [-0.2, -0.15) is 5.10 Å².